The molecule has 0 saturated heterocycles. The minimum absolute atomic E-state index is 0.214. The molecule has 19 heavy (non-hydrogen) atoms. The molecule has 0 aliphatic carbocycles. The maximum Gasteiger partial charge on any atom is 0.258 e. The fourth-order valence-corrected chi connectivity index (χ4v) is 2.07. The van der Waals surface area contributed by atoms with Crippen molar-refractivity contribution in [2.45, 2.75) is 0 Å². The van der Waals surface area contributed by atoms with Crippen LogP contribution in [-0.4, -0.2) is 15.7 Å². The van der Waals surface area contributed by atoms with Crippen LogP contribution in [0.2, 0.25) is 5.02 Å². The predicted molar refractivity (Wildman–Crippen MR) is 75.0 cm³/mol. The van der Waals surface area contributed by atoms with Gasteiger partial charge >= 0.3 is 0 Å². The first-order valence-electron chi connectivity index (χ1n) is 5.21. The summed E-state index contributed by atoms with van der Waals surface area (Å²) in [7, 11) is 1.67. The zero-order valence-electron chi connectivity index (χ0n) is 9.82. The molecular weight excluding hydrogens is 332 g/mol. The molecule has 0 saturated carbocycles. The topological polar surface area (TPSA) is 70.7 Å². The fourth-order valence-electron chi connectivity index (χ4n) is 1.51. The van der Waals surface area contributed by atoms with Crippen LogP contribution in [-0.2, 0) is 7.05 Å². The Morgan fingerprint density at radius 2 is 2.32 bits per heavy atom. The minimum atomic E-state index is -0.415. The van der Waals surface area contributed by atoms with Crippen molar-refractivity contribution < 1.29 is 4.79 Å². The average molecular weight is 340 g/mol. The number of benzene rings is 1. The van der Waals surface area contributed by atoms with Gasteiger partial charge in [0.25, 0.3) is 5.91 Å². The van der Waals surface area contributed by atoms with Gasteiger partial charge in [0.15, 0.2) is 5.82 Å². The molecule has 0 spiro atoms. The fraction of sp³-hybridized carbons (Fsp3) is 0.0833. The molecular formula is C12H8BrClN4O. The molecule has 1 amide bonds. The normalized spacial score (nSPS) is 10.0. The van der Waals surface area contributed by atoms with Gasteiger partial charge in [0.05, 0.1) is 10.6 Å². The maximum absolute atomic E-state index is 12.1. The molecule has 1 aromatic carbocycles. The summed E-state index contributed by atoms with van der Waals surface area (Å²) in [4.78, 5) is 12.1. The van der Waals surface area contributed by atoms with E-state index in [1.165, 1.54) is 10.9 Å². The Hall–Kier alpha value is -1.84. The molecule has 5 nitrogen and oxygen atoms in total. The Labute approximate surface area is 122 Å². The van der Waals surface area contributed by atoms with Crippen LogP contribution in [0.25, 0.3) is 0 Å². The average Bonchev–Trinajstić information content (AvgIpc) is 2.72. The molecule has 2 rings (SSSR count). The number of anilines is 1. The first-order valence-corrected chi connectivity index (χ1v) is 6.38. The van der Waals surface area contributed by atoms with Gasteiger partial charge in [0.2, 0.25) is 0 Å². The highest BCUT2D eigenvalue weighted by molar-refractivity contribution is 9.10. The van der Waals surface area contributed by atoms with Crippen molar-refractivity contribution in [3.63, 3.8) is 0 Å². The molecule has 2 aromatic rings. The summed E-state index contributed by atoms with van der Waals surface area (Å²) in [5.74, 6) is -0.201. The molecule has 0 aliphatic heterocycles. The number of carbonyl (C=O) groups excluding carboxylic acids is 1. The molecule has 7 heteroatoms. The summed E-state index contributed by atoms with van der Waals surface area (Å²) in [5, 5.41) is 15.8. The number of aromatic nitrogens is 2. The number of hydrogen-bond acceptors (Lipinski definition) is 3. The number of amides is 1. The lowest BCUT2D eigenvalue weighted by atomic mass is 10.2. The second kappa shape index (κ2) is 5.43. The Kier molecular flexibility index (Phi) is 3.88. The Bertz CT molecular complexity index is 690. The molecule has 96 valence electrons. The molecule has 0 fully saturated rings. The number of carbonyl (C=O) groups is 1. The third kappa shape index (κ3) is 2.95. The highest BCUT2D eigenvalue weighted by atomic mass is 79.9. The van der Waals surface area contributed by atoms with E-state index in [1.807, 2.05) is 6.07 Å². The first-order chi connectivity index (χ1) is 9.01. The highest BCUT2D eigenvalue weighted by Gasteiger charge is 2.15. The van der Waals surface area contributed by atoms with Crippen LogP contribution in [0.5, 0.6) is 0 Å². The lowest BCUT2D eigenvalue weighted by molar-refractivity contribution is 0.102. The van der Waals surface area contributed by atoms with Crippen molar-refractivity contribution in [1.29, 1.82) is 5.26 Å². The van der Waals surface area contributed by atoms with E-state index < -0.39 is 5.91 Å². The van der Waals surface area contributed by atoms with E-state index in [-0.39, 0.29) is 5.82 Å². The number of rotatable bonds is 2. The summed E-state index contributed by atoms with van der Waals surface area (Å²) in [6, 6.07) is 6.91. The molecule has 1 heterocycles. The summed E-state index contributed by atoms with van der Waals surface area (Å²) in [6.07, 6.45) is 1.53. The molecule has 1 aromatic heterocycles. The lowest BCUT2D eigenvalue weighted by Crippen LogP contribution is -2.14. The van der Waals surface area contributed by atoms with Crippen molar-refractivity contribution in [2.75, 3.05) is 5.32 Å². The lowest BCUT2D eigenvalue weighted by Gasteiger charge is -2.05. The smallest absolute Gasteiger partial charge is 0.258 e. The van der Waals surface area contributed by atoms with E-state index in [2.05, 4.69) is 26.3 Å². The first kappa shape index (κ1) is 13.6. The van der Waals surface area contributed by atoms with Gasteiger partial charge < -0.3 is 5.32 Å². The van der Waals surface area contributed by atoms with Gasteiger partial charge in [-0.15, -0.1) is 0 Å². The Balaban J connectivity index is 2.31. The van der Waals surface area contributed by atoms with E-state index in [4.69, 9.17) is 16.9 Å². The monoisotopic (exact) mass is 338 g/mol. The van der Waals surface area contributed by atoms with Crippen LogP contribution in [0.3, 0.4) is 0 Å². The minimum Gasteiger partial charge on any atom is -0.304 e. The van der Waals surface area contributed by atoms with E-state index in [1.54, 1.807) is 25.2 Å². The van der Waals surface area contributed by atoms with Crippen LogP contribution >= 0.6 is 27.5 Å². The van der Waals surface area contributed by atoms with Crippen molar-refractivity contribution in [3.8, 4) is 6.07 Å². The van der Waals surface area contributed by atoms with Crippen LogP contribution in [0, 0.1) is 11.3 Å². The number of nitriles is 1. The van der Waals surface area contributed by atoms with Crippen molar-refractivity contribution in [2.24, 2.45) is 7.05 Å². The van der Waals surface area contributed by atoms with E-state index in [0.29, 0.717) is 16.1 Å². The van der Waals surface area contributed by atoms with Gasteiger partial charge in [0, 0.05) is 17.7 Å². The van der Waals surface area contributed by atoms with E-state index in [0.717, 1.165) is 4.47 Å². The highest BCUT2D eigenvalue weighted by Crippen LogP contribution is 2.22. The quantitative estimate of drug-likeness (QED) is 0.914. The molecule has 0 bridgehead atoms. The maximum atomic E-state index is 12.1. The Morgan fingerprint density at radius 3 is 3.00 bits per heavy atom. The van der Waals surface area contributed by atoms with Crippen LogP contribution < -0.4 is 5.32 Å². The van der Waals surface area contributed by atoms with Gasteiger partial charge in [0.1, 0.15) is 11.6 Å². The second-order valence-electron chi connectivity index (χ2n) is 3.76. The largest absolute Gasteiger partial charge is 0.304 e. The molecule has 0 radical (unpaired) electrons. The summed E-state index contributed by atoms with van der Waals surface area (Å²) < 4.78 is 2.19. The number of aryl methyl sites for hydroxylation is 1. The van der Waals surface area contributed by atoms with Crippen molar-refractivity contribution in [3.05, 3.63) is 45.0 Å². The van der Waals surface area contributed by atoms with Crippen LogP contribution in [0.1, 0.15) is 15.9 Å². The number of halogens is 2. The summed E-state index contributed by atoms with van der Waals surface area (Å²) in [6.45, 7) is 0. The van der Waals surface area contributed by atoms with E-state index in [9.17, 15) is 4.79 Å². The third-order valence-corrected chi connectivity index (χ3v) is 3.18. The summed E-state index contributed by atoms with van der Waals surface area (Å²) in [5.41, 5.74) is 0.604. The van der Waals surface area contributed by atoms with Gasteiger partial charge in [-0.25, -0.2) is 0 Å². The van der Waals surface area contributed by atoms with E-state index >= 15 is 0 Å². The number of nitrogens with one attached hydrogen (secondary N) is 1. The van der Waals surface area contributed by atoms with Gasteiger partial charge in [-0.3, -0.25) is 9.48 Å². The van der Waals surface area contributed by atoms with Gasteiger partial charge in [-0.05, 0) is 18.2 Å². The van der Waals surface area contributed by atoms with Crippen molar-refractivity contribution in [1.82, 2.24) is 9.78 Å². The summed E-state index contributed by atoms with van der Waals surface area (Å²) >= 11 is 9.24. The molecule has 1 N–H and O–H groups in total. The standard InChI is InChI=1S/C12H8BrClN4O/c1-18-6-7(5-15)11(17-18)16-12(19)9-4-8(13)2-3-10(9)14/h2-4,6H,1H3,(H,16,17,19). The van der Waals surface area contributed by atoms with Crippen molar-refractivity contribution >= 4 is 39.3 Å². The third-order valence-electron chi connectivity index (χ3n) is 2.35. The predicted octanol–water partition coefficient (Wildman–Crippen LogP) is 2.96. The van der Waals surface area contributed by atoms with Gasteiger partial charge in [-0.1, -0.05) is 27.5 Å². The number of nitrogens with zero attached hydrogens (tertiary/aromatic N) is 3. The Morgan fingerprint density at radius 1 is 1.58 bits per heavy atom. The SMILES string of the molecule is Cn1cc(C#N)c(NC(=O)c2cc(Br)ccc2Cl)n1. The number of hydrogen-bond donors (Lipinski definition) is 1. The molecule has 0 aliphatic rings. The zero-order valence-corrected chi connectivity index (χ0v) is 12.2. The van der Waals surface area contributed by atoms with Gasteiger partial charge in [-0.2, -0.15) is 10.4 Å². The molecule has 0 atom stereocenters. The molecule has 0 unspecified atom stereocenters. The zero-order chi connectivity index (χ0) is 14.0. The van der Waals surface area contributed by atoms with Crippen LogP contribution in [0.4, 0.5) is 5.82 Å². The second-order valence-corrected chi connectivity index (χ2v) is 5.08. The van der Waals surface area contributed by atoms with Crippen LogP contribution in [0.15, 0.2) is 28.9 Å².